The monoisotopic (exact) mass is 250 g/mol. The smallest absolute Gasteiger partial charge is 0.373 e. The lowest BCUT2D eigenvalue weighted by atomic mass is 9.96. The van der Waals surface area contributed by atoms with E-state index in [4.69, 9.17) is 4.74 Å². The summed E-state index contributed by atoms with van der Waals surface area (Å²) in [6.45, 7) is 7.89. The van der Waals surface area contributed by atoms with Gasteiger partial charge in [-0.1, -0.05) is 6.58 Å². The average Bonchev–Trinajstić information content (AvgIpc) is 2.84. The van der Waals surface area contributed by atoms with Crippen molar-refractivity contribution in [2.75, 3.05) is 7.11 Å². The zero-order chi connectivity index (χ0) is 12.6. The van der Waals surface area contributed by atoms with Gasteiger partial charge in [0.1, 0.15) is 0 Å². The first-order valence-corrected chi connectivity index (χ1v) is 6.09. The van der Waals surface area contributed by atoms with Gasteiger partial charge in [-0.25, -0.2) is 4.79 Å². The molecule has 17 heavy (non-hydrogen) atoms. The predicted molar refractivity (Wildman–Crippen MR) is 66.7 cm³/mol. The molecule has 0 saturated heterocycles. The maximum absolute atomic E-state index is 11.4. The van der Waals surface area contributed by atoms with Crippen LogP contribution in [0.2, 0.25) is 0 Å². The van der Waals surface area contributed by atoms with Crippen molar-refractivity contribution in [1.82, 2.24) is 0 Å². The quantitative estimate of drug-likeness (QED) is 0.757. The van der Waals surface area contributed by atoms with Gasteiger partial charge in [-0.2, -0.15) is 0 Å². The fraction of sp³-hybridized carbons (Fsp3) is 0.308. The van der Waals surface area contributed by atoms with Crippen LogP contribution in [0.1, 0.15) is 17.4 Å². The van der Waals surface area contributed by atoms with E-state index in [0.717, 1.165) is 10.5 Å². The summed E-state index contributed by atoms with van der Waals surface area (Å²) < 4.78 is 10.4. The van der Waals surface area contributed by atoms with Crippen LogP contribution in [0.3, 0.4) is 0 Å². The molecule has 0 fully saturated rings. The minimum atomic E-state index is -0.650. The maximum Gasteiger partial charge on any atom is 0.373 e. The molecule has 0 aromatic carbocycles. The summed E-state index contributed by atoms with van der Waals surface area (Å²) in [6.07, 6.45) is 1.64. The Morgan fingerprint density at radius 2 is 2.29 bits per heavy atom. The fourth-order valence-corrected chi connectivity index (χ4v) is 2.73. The number of hydrogen-bond acceptors (Lipinski definition) is 4. The summed E-state index contributed by atoms with van der Waals surface area (Å²) in [4.78, 5) is 12.5. The molecule has 4 heteroatoms. The summed E-state index contributed by atoms with van der Waals surface area (Å²) in [5, 5.41) is 2.05. The molecule has 3 nitrogen and oxygen atoms in total. The number of aryl methyl sites for hydroxylation is 1. The lowest BCUT2D eigenvalue weighted by Gasteiger charge is -2.24. The van der Waals surface area contributed by atoms with E-state index >= 15 is 0 Å². The summed E-state index contributed by atoms with van der Waals surface area (Å²) in [5.41, 5.74) is 1.29. The van der Waals surface area contributed by atoms with Crippen molar-refractivity contribution < 1.29 is 14.3 Å². The van der Waals surface area contributed by atoms with E-state index in [0.29, 0.717) is 0 Å². The van der Waals surface area contributed by atoms with Crippen molar-refractivity contribution in [1.29, 1.82) is 0 Å². The molecular weight excluding hydrogens is 236 g/mol. The molecule has 0 spiro atoms. The SMILES string of the molecule is C=C1C=C(C(=O)OC)OC1(C)c1cc(C)cs1. The minimum absolute atomic E-state index is 0.214. The topological polar surface area (TPSA) is 35.5 Å². The van der Waals surface area contributed by atoms with Crippen LogP contribution >= 0.6 is 11.3 Å². The van der Waals surface area contributed by atoms with Crippen LogP contribution in [0.15, 0.2) is 35.4 Å². The van der Waals surface area contributed by atoms with Crippen LogP contribution in [-0.4, -0.2) is 13.1 Å². The Labute approximate surface area is 104 Å². The summed E-state index contributed by atoms with van der Waals surface area (Å²) in [6, 6.07) is 2.05. The normalized spacial score (nSPS) is 23.2. The first-order chi connectivity index (χ1) is 7.97. The molecule has 1 atom stereocenters. The molecule has 0 radical (unpaired) electrons. The van der Waals surface area contributed by atoms with Gasteiger partial charge in [0.05, 0.1) is 12.0 Å². The maximum atomic E-state index is 11.4. The van der Waals surface area contributed by atoms with Crippen LogP contribution in [0.5, 0.6) is 0 Å². The molecule has 0 bridgehead atoms. The molecule has 0 amide bonds. The average molecular weight is 250 g/mol. The van der Waals surface area contributed by atoms with E-state index in [1.807, 2.05) is 25.3 Å². The van der Waals surface area contributed by atoms with E-state index < -0.39 is 11.6 Å². The number of esters is 1. The summed E-state index contributed by atoms with van der Waals surface area (Å²) in [5.74, 6) is -0.255. The minimum Gasteiger partial charge on any atom is -0.470 e. The summed E-state index contributed by atoms with van der Waals surface area (Å²) in [7, 11) is 1.33. The Hall–Kier alpha value is -1.55. The second-order valence-corrected chi connectivity index (χ2v) is 5.06. The lowest BCUT2D eigenvalue weighted by Crippen LogP contribution is -2.22. The van der Waals surface area contributed by atoms with E-state index in [9.17, 15) is 4.79 Å². The molecule has 0 aliphatic carbocycles. The second kappa shape index (κ2) is 4.04. The van der Waals surface area contributed by atoms with Crippen molar-refractivity contribution in [3.63, 3.8) is 0 Å². The molecule has 1 aliphatic heterocycles. The number of thiophene rings is 1. The third-order valence-electron chi connectivity index (χ3n) is 2.82. The van der Waals surface area contributed by atoms with E-state index in [1.54, 1.807) is 17.4 Å². The third-order valence-corrected chi connectivity index (χ3v) is 4.07. The van der Waals surface area contributed by atoms with Gasteiger partial charge in [0.25, 0.3) is 0 Å². The van der Waals surface area contributed by atoms with Gasteiger partial charge in [-0.05, 0) is 42.5 Å². The van der Waals surface area contributed by atoms with Crippen LogP contribution in [-0.2, 0) is 19.9 Å². The van der Waals surface area contributed by atoms with Gasteiger partial charge in [-0.15, -0.1) is 11.3 Å². The van der Waals surface area contributed by atoms with Crippen LogP contribution < -0.4 is 0 Å². The van der Waals surface area contributed by atoms with Gasteiger partial charge in [-0.3, -0.25) is 0 Å². The molecule has 2 heterocycles. The first-order valence-electron chi connectivity index (χ1n) is 5.21. The molecule has 0 saturated carbocycles. The largest absolute Gasteiger partial charge is 0.470 e. The van der Waals surface area contributed by atoms with Gasteiger partial charge in [0.2, 0.25) is 5.76 Å². The summed E-state index contributed by atoms with van der Waals surface area (Å²) >= 11 is 1.60. The van der Waals surface area contributed by atoms with Gasteiger partial charge in [0.15, 0.2) is 5.60 Å². The lowest BCUT2D eigenvalue weighted by molar-refractivity contribution is -0.141. The molecule has 90 valence electrons. The second-order valence-electron chi connectivity index (χ2n) is 4.15. The number of methoxy groups -OCH3 is 1. The van der Waals surface area contributed by atoms with E-state index in [2.05, 4.69) is 11.3 Å². The number of carbonyl (C=O) groups excluding carboxylic acids is 1. The predicted octanol–water partition coefficient (Wildman–Crippen LogP) is 2.92. The number of rotatable bonds is 2. The van der Waals surface area contributed by atoms with E-state index in [-0.39, 0.29) is 5.76 Å². The highest BCUT2D eigenvalue weighted by atomic mass is 32.1. The Balaban J connectivity index is 2.32. The highest BCUT2D eigenvalue weighted by Gasteiger charge is 2.40. The van der Waals surface area contributed by atoms with E-state index in [1.165, 1.54) is 12.7 Å². The molecule has 1 unspecified atom stereocenters. The standard InChI is InChI=1S/C13H14O3S/c1-8-5-11(17-7-8)13(3)9(2)6-10(16-13)12(14)15-4/h5-7H,2H2,1,3-4H3. The van der Waals surface area contributed by atoms with Gasteiger partial charge in [0, 0.05) is 0 Å². The number of ether oxygens (including phenoxy) is 2. The van der Waals surface area contributed by atoms with Crippen LogP contribution in [0.25, 0.3) is 0 Å². The molecule has 1 aromatic rings. The van der Waals surface area contributed by atoms with Gasteiger partial charge >= 0.3 is 5.97 Å². The number of hydrogen-bond donors (Lipinski definition) is 0. The zero-order valence-corrected chi connectivity index (χ0v) is 10.9. The Kier molecular flexibility index (Phi) is 2.83. The molecule has 1 aliphatic rings. The molecule has 2 rings (SSSR count). The van der Waals surface area contributed by atoms with Crippen molar-refractivity contribution >= 4 is 17.3 Å². The first kappa shape index (κ1) is 11.9. The van der Waals surface area contributed by atoms with Crippen molar-refractivity contribution in [2.24, 2.45) is 0 Å². The highest BCUT2D eigenvalue weighted by Crippen LogP contribution is 2.43. The number of carbonyl (C=O) groups is 1. The zero-order valence-electron chi connectivity index (χ0n) is 10.1. The van der Waals surface area contributed by atoms with Crippen molar-refractivity contribution in [2.45, 2.75) is 19.4 Å². The molecule has 1 aromatic heterocycles. The van der Waals surface area contributed by atoms with Gasteiger partial charge < -0.3 is 9.47 Å². The fourth-order valence-electron chi connectivity index (χ4n) is 1.70. The van der Waals surface area contributed by atoms with Crippen molar-refractivity contribution in [3.8, 4) is 0 Å². The Bertz CT molecular complexity index is 512. The molecule has 0 N–H and O–H groups in total. The molecular formula is C13H14O3S. The van der Waals surface area contributed by atoms with Crippen molar-refractivity contribution in [3.05, 3.63) is 45.9 Å². The third kappa shape index (κ3) is 1.89. The Morgan fingerprint density at radius 1 is 1.59 bits per heavy atom. The van der Waals surface area contributed by atoms with Crippen LogP contribution in [0.4, 0.5) is 0 Å². The Morgan fingerprint density at radius 3 is 2.82 bits per heavy atom. The van der Waals surface area contributed by atoms with Crippen LogP contribution in [0, 0.1) is 6.92 Å². The highest BCUT2D eigenvalue weighted by molar-refractivity contribution is 7.10.